The number of nitrogens with zero attached hydrogens (tertiary/aromatic N) is 2. The highest BCUT2D eigenvalue weighted by molar-refractivity contribution is 5.39. The van der Waals surface area contributed by atoms with Crippen LogP contribution in [-0.4, -0.2) is 14.5 Å². The van der Waals surface area contributed by atoms with Gasteiger partial charge in [0.15, 0.2) is 17.4 Å². The van der Waals surface area contributed by atoms with Crippen LogP contribution < -0.4 is 4.74 Å². The van der Waals surface area contributed by atoms with Gasteiger partial charge in [-0.05, 0) is 29.8 Å². The fraction of sp³-hybridized carbons (Fsp3) is 0.133. The summed E-state index contributed by atoms with van der Waals surface area (Å²) >= 11 is 0. The topological polar surface area (TPSA) is 46.8 Å². The Kier molecular flexibility index (Phi) is 3.53. The minimum atomic E-state index is -0.845. The van der Waals surface area contributed by atoms with Crippen LogP contribution in [0, 0.1) is 11.6 Å². The Morgan fingerprint density at radius 2 is 1.95 bits per heavy atom. The fourth-order valence-corrected chi connectivity index (χ4v) is 2.04. The first kappa shape index (κ1) is 13.5. The molecule has 4 nitrogen and oxygen atoms in total. The molecule has 21 heavy (non-hydrogen) atoms. The molecule has 108 valence electrons. The highest BCUT2D eigenvalue weighted by Gasteiger charge is 2.13. The number of imidazole rings is 1. The molecule has 0 saturated carbocycles. The summed E-state index contributed by atoms with van der Waals surface area (Å²) in [7, 11) is 0. The highest BCUT2D eigenvalue weighted by atomic mass is 19.1. The van der Waals surface area contributed by atoms with Crippen LogP contribution in [0.1, 0.15) is 11.3 Å². The van der Waals surface area contributed by atoms with E-state index >= 15 is 0 Å². The molecule has 0 radical (unpaired) electrons. The normalized spacial score (nSPS) is 11.0. The van der Waals surface area contributed by atoms with Crippen molar-refractivity contribution in [1.29, 1.82) is 0 Å². The summed E-state index contributed by atoms with van der Waals surface area (Å²) in [6.07, 6.45) is 3.55. The molecule has 0 unspecified atom stereocenters. The number of fused-ring (bicyclic) bond motifs is 1. The first-order chi connectivity index (χ1) is 10.2. The third kappa shape index (κ3) is 2.71. The van der Waals surface area contributed by atoms with Crippen LogP contribution in [0.2, 0.25) is 0 Å². The van der Waals surface area contributed by atoms with Crippen LogP contribution in [-0.2, 0) is 13.2 Å². The lowest BCUT2D eigenvalue weighted by molar-refractivity contribution is 0.264. The number of aromatic nitrogens is 2. The van der Waals surface area contributed by atoms with E-state index < -0.39 is 24.0 Å². The van der Waals surface area contributed by atoms with Gasteiger partial charge < -0.3 is 14.2 Å². The van der Waals surface area contributed by atoms with E-state index in [0.29, 0.717) is 5.69 Å². The highest BCUT2D eigenvalue weighted by Crippen LogP contribution is 2.24. The summed E-state index contributed by atoms with van der Waals surface area (Å²) in [5.74, 6) is -2.16. The molecular formula is C15H12F2N2O2. The quantitative estimate of drug-likeness (QED) is 0.803. The van der Waals surface area contributed by atoms with Gasteiger partial charge >= 0.3 is 0 Å². The Bertz CT molecular complexity index is 730. The van der Waals surface area contributed by atoms with Crippen LogP contribution in [0.25, 0.3) is 5.65 Å². The Balaban J connectivity index is 1.81. The molecule has 0 saturated heterocycles. The molecule has 0 bridgehead atoms. The van der Waals surface area contributed by atoms with E-state index in [4.69, 9.17) is 9.84 Å². The second kappa shape index (κ2) is 5.49. The number of hydrogen-bond donors (Lipinski definition) is 1. The maximum atomic E-state index is 13.7. The van der Waals surface area contributed by atoms with Gasteiger partial charge in [-0.2, -0.15) is 0 Å². The lowest BCUT2D eigenvalue weighted by Crippen LogP contribution is -2.01. The van der Waals surface area contributed by atoms with E-state index in [1.165, 1.54) is 0 Å². The van der Waals surface area contributed by atoms with Crippen molar-refractivity contribution in [3.63, 3.8) is 0 Å². The van der Waals surface area contributed by atoms with Crippen LogP contribution in [0.15, 0.2) is 42.7 Å². The molecular weight excluding hydrogens is 278 g/mol. The summed E-state index contributed by atoms with van der Waals surface area (Å²) in [4.78, 5) is 4.27. The van der Waals surface area contributed by atoms with Crippen LogP contribution in [0.5, 0.6) is 5.75 Å². The average molecular weight is 290 g/mol. The molecule has 6 heteroatoms. The number of benzene rings is 1. The van der Waals surface area contributed by atoms with Crippen molar-refractivity contribution >= 4 is 5.65 Å². The molecule has 1 N–H and O–H groups in total. The van der Waals surface area contributed by atoms with Gasteiger partial charge in [0.25, 0.3) is 0 Å². The van der Waals surface area contributed by atoms with Gasteiger partial charge in [0.1, 0.15) is 12.3 Å². The summed E-state index contributed by atoms with van der Waals surface area (Å²) in [5, 5.41) is 8.88. The zero-order valence-electron chi connectivity index (χ0n) is 11.0. The van der Waals surface area contributed by atoms with Crippen molar-refractivity contribution in [2.24, 2.45) is 0 Å². The van der Waals surface area contributed by atoms with Crippen molar-refractivity contribution in [1.82, 2.24) is 9.38 Å². The smallest absolute Gasteiger partial charge is 0.191 e. The number of halogens is 2. The molecule has 0 amide bonds. The Labute approximate surface area is 119 Å². The van der Waals surface area contributed by atoms with E-state index in [1.54, 1.807) is 10.6 Å². The Hall–Kier alpha value is -2.47. The molecule has 0 fully saturated rings. The van der Waals surface area contributed by atoms with Gasteiger partial charge in [0.2, 0.25) is 0 Å². The Morgan fingerprint density at radius 1 is 1.19 bits per heavy atom. The first-order valence-electron chi connectivity index (χ1n) is 6.31. The van der Waals surface area contributed by atoms with Crippen molar-refractivity contribution < 1.29 is 18.6 Å². The number of aliphatic hydroxyl groups excluding tert-OH is 1. The van der Waals surface area contributed by atoms with Gasteiger partial charge in [0, 0.05) is 12.4 Å². The minimum absolute atomic E-state index is 0.0476. The van der Waals surface area contributed by atoms with E-state index in [1.807, 2.05) is 24.4 Å². The number of ether oxygens (including phenoxy) is 1. The van der Waals surface area contributed by atoms with E-state index in [0.717, 1.165) is 17.8 Å². The van der Waals surface area contributed by atoms with Gasteiger partial charge in [-0.25, -0.2) is 13.8 Å². The van der Waals surface area contributed by atoms with E-state index in [9.17, 15) is 8.78 Å². The second-order valence-corrected chi connectivity index (χ2v) is 4.53. The van der Waals surface area contributed by atoms with Crippen LogP contribution in [0.4, 0.5) is 8.78 Å². The number of pyridine rings is 1. The number of hydrogen-bond acceptors (Lipinski definition) is 3. The minimum Gasteiger partial charge on any atom is -0.481 e. The van der Waals surface area contributed by atoms with Crippen molar-refractivity contribution in [3.05, 3.63) is 65.6 Å². The first-order valence-corrected chi connectivity index (χ1v) is 6.31. The zero-order chi connectivity index (χ0) is 14.8. The third-order valence-electron chi connectivity index (χ3n) is 3.02. The SMILES string of the molecule is OCc1cc(F)c(OCc2cn3ccccc3n2)c(F)c1. The predicted octanol–water partition coefficient (Wildman–Crippen LogP) is 2.68. The lowest BCUT2D eigenvalue weighted by atomic mass is 10.2. The molecule has 3 rings (SSSR count). The maximum absolute atomic E-state index is 13.7. The molecule has 2 aromatic heterocycles. The average Bonchev–Trinajstić information content (AvgIpc) is 2.88. The summed E-state index contributed by atoms with van der Waals surface area (Å²) < 4.78 is 34.4. The second-order valence-electron chi connectivity index (χ2n) is 4.53. The van der Waals surface area contributed by atoms with Crippen molar-refractivity contribution in [2.75, 3.05) is 0 Å². The number of aliphatic hydroxyl groups is 1. The van der Waals surface area contributed by atoms with Crippen molar-refractivity contribution in [2.45, 2.75) is 13.2 Å². The van der Waals surface area contributed by atoms with Gasteiger partial charge in [-0.15, -0.1) is 0 Å². The Morgan fingerprint density at radius 3 is 2.62 bits per heavy atom. The van der Waals surface area contributed by atoms with Gasteiger partial charge in [-0.3, -0.25) is 0 Å². The van der Waals surface area contributed by atoms with Gasteiger partial charge in [-0.1, -0.05) is 6.07 Å². The fourth-order valence-electron chi connectivity index (χ4n) is 2.04. The van der Waals surface area contributed by atoms with Crippen LogP contribution in [0.3, 0.4) is 0 Å². The van der Waals surface area contributed by atoms with E-state index in [-0.39, 0.29) is 12.2 Å². The van der Waals surface area contributed by atoms with Crippen molar-refractivity contribution in [3.8, 4) is 5.75 Å². The summed E-state index contributed by atoms with van der Waals surface area (Å²) in [6, 6.07) is 7.61. The molecule has 0 aliphatic heterocycles. The molecule has 0 aliphatic carbocycles. The molecule has 2 heterocycles. The molecule has 0 atom stereocenters. The molecule has 3 aromatic rings. The number of rotatable bonds is 4. The zero-order valence-corrected chi connectivity index (χ0v) is 11.0. The standard InChI is InChI=1S/C15H12F2N2O2/c16-12-5-10(8-20)6-13(17)15(12)21-9-11-7-19-4-2-1-3-14(19)18-11/h1-7,20H,8-9H2. The molecule has 0 spiro atoms. The summed E-state index contributed by atoms with van der Waals surface area (Å²) in [5.41, 5.74) is 1.45. The van der Waals surface area contributed by atoms with Crippen LogP contribution >= 0.6 is 0 Å². The molecule has 0 aliphatic rings. The summed E-state index contributed by atoms with van der Waals surface area (Å²) in [6.45, 7) is -0.478. The predicted molar refractivity (Wildman–Crippen MR) is 71.8 cm³/mol. The van der Waals surface area contributed by atoms with E-state index in [2.05, 4.69) is 4.98 Å². The third-order valence-corrected chi connectivity index (χ3v) is 3.02. The molecule has 1 aromatic carbocycles. The lowest BCUT2D eigenvalue weighted by Gasteiger charge is -2.08. The van der Waals surface area contributed by atoms with Gasteiger partial charge in [0.05, 0.1) is 12.3 Å². The maximum Gasteiger partial charge on any atom is 0.191 e. The monoisotopic (exact) mass is 290 g/mol. The largest absolute Gasteiger partial charge is 0.481 e.